The van der Waals surface area contributed by atoms with Crippen molar-refractivity contribution in [3.8, 4) is 22.4 Å². The molecule has 46 heavy (non-hydrogen) atoms. The molecule has 0 saturated carbocycles. The number of rotatable bonds is 9. The van der Waals surface area contributed by atoms with Gasteiger partial charge in [0.15, 0.2) is 0 Å². The highest BCUT2D eigenvalue weighted by atomic mass is 32.2. The van der Waals surface area contributed by atoms with Crippen LogP contribution in [0, 0.1) is 5.82 Å². The van der Waals surface area contributed by atoms with E-state index in [9.17, 15) is 18.5 Å². The molecule has 3 atom stereocenters. The second-order valence-corrected chi connectivity index (χ2v) is 15.4. The van der Waals surface area contributed by atoms with Gasteiger partial charge in [0.05, 0.1) is 16.5 Å². The maximum atomic E-state index is 14.1. The van der Waals surface area contributed by atoms with Crippen molar-refractivity contribution in [2.24, 2.45) is 0 Å². The van der Waals surface area contributed by atoms with Crippen molar-refractivity contribution in [1.29, 1.82) is 0 Å². The average molecular weight is 641 g/mol. The average Bonchev–Trinajstić information content (AvgIpc) is 3.64. The van der Waals surface area contributed by atoms with Crippen LogP contribution in [0.1, 0.15) is 66.8 Å². The Bertz CT molecular complexity index is 1740. The number of hydrogen-bond donors (Lipinski definition) is 2. The highest BCUT2D eigenvalue weighted by Gasteiger charge is 2.40. The predicted octanol–water partition coefficient (Wildman–Crippen LogP) is 6.26. The second-order valence-electron chi connectivity index (χ2n) is 13.2. The highest BCUT2D eigenvalue weighted by molar-refractivity contribution is 7.84. The minimum atomic E-state index is -1.37. The number of carbonyl (C=O) groups excluding carboxylic acids is 1. The van der Waals surface area contributed by atoms with Crippen molar-refractivity contribution >= 4 is 16.9 Å². The Morgan fingerprint density at radius 3 is 2.43 bits per heavy atom. The monoisotopic (exact) mass is 640 g/mol. The van der Waals surface area contributed by atoms with Crippen LogP contribution >= 0.6 is 0 Å². The van der Waals surface area contributed by atoms with Gasteiger partial charge in [-0.25, -0.2) is 17.9 Å². The molecule has 0 spiro atoms. The van der Waals surface area contributed by atoms with E-state index in [1.165, 1.54) is 17.7 Å². The number of benzene rings is 3. The molecule has 240 valence electrons. The quantitative estimate of drug-likeness (QED) is 0.226. The number of nitrogens with zero attached hydrogens (tertiary/aromatic N) is 3. The number of amides is 1. The SMILES string of the molecule is CC(C)(C)[S@](=O)N1Cc2cc(C(=O)N[C@@H]3CCN(Cc4ccccc4)C3)nc(-c3cccc(-c4cccc(F)c4)c3)c2[C@@H]1CCO. The van der Waals surface area contributed by atoms with Gasteiger partial charge in [0, 0.05) is 50.0 Å². The van der Waals surface area contributed by atoms with Crippen LogP contribution < -0.4 is 5.32 Å². The van der Waals surface area contributed by atoms with Crippen molar-refractivity contribution in [2.75, 3.05) is 19.7 Å². The standard InChI is InChI=1S/C37H41FN4O3S/c1-37(2,3)46(45)42-23-29-21-32(36(44)39-31-15-17-41(24-31)22-25-9-5-4-6-10-25)40-35(34(29)33(42)16-18-43)28-13-7-11-26(19-28)27-12-8-14-30(38)20-27/h4-14,19-21,31,33,43H,15-18,22-24H2,1-3H3,(H,39,44)/t31-,33+,46+/m1/s1. The molecular formula is C37H41FN4O3S. The molecule has 1 saturated heterocycles. The maximum Gasteiger partial charge on any atom is 0.270 e. The van der Waals surface area contributed by atoms with Gasteiger partial charge in [-0.1, -0.05) is 60.7 Å². The Morgan fingerprint density at radius 2 is 1.72 bits per heavy atom. The summed E-state index contributed by atoms with van der Waals surface area (Å²) in [6.45, 7) is 8.58. The molecule has 0 unspecified atom stereocenters. The predicted molar refractivity (Wildman–Crippen MR) is 181 cm³/mol. The topological polar surface area (TPSA) is 85.8 Å². The number of likely N-dealkylation sites (tertiary alicyclic amines) is 1. The lowest BCUT2D eigenvalue weighted by atomic mass is 9.94. The number of fused-ring (bicyclic) bond motifs is 1. The van der Waals surface area contributed by atoms with E-state index in [2.05, 4.69) is 22.3 Å². The van der Waals surface area contributed by atoms with E-state index < -0.39 is 15.7 Å². The molecule has 7 nitrogen and oxygen atoms in total. The Morgan fingerprint density at radius 1 is 1.00 bits per heavy atom. The molecule has 1 aromatic heterocycles. The third-order valence-electron chi connectivity index (χ3n) is 8.67. The molecule has 0 bridgehead atoms. The Hall–Kier alpha value is -3.76. The summed E-state index contributed by atoms with van der Waals surface area (Å²) in [6, 6.07) is 26.0. The summed E-state index contributed by atoms with van der Waals surface area (Å²) >= 11 is 0. The molecule has 9 heteroatoms. The van der Waals surface area contributed by atoms with Crippen molar-refractivity contribution in [2.45, 2.75) is 63.5 Å². The van der Waals surface area contributed by atoms with Gasteiger partial charge >= 0.3 is 0 Å². The normalized spacial score (nSPS) is 19.2. The van der Waals surface area contributed by atoms with Crippen molar-refractivity contribution in [3.05, 3.63) is 113 Å². The zero-order valence-electron chi connectivity index (χ0n) is 26.6. The molecule has 2 aliphatic rings. The molecule has 0 aliphatic carbocycles. The summed E-state index contributed by atoms with van der Waals surface area (Å²) in [7, 11) is -1.37. The molecule has 2 N–H and O–H groups in total. The summed E-state index contributed by atoms with van der Waals surface area (Å²) in [5, 5.41) is 13.3. The summed E-state index contributed by atoms with van der Waals surface area (Å²) in [5.74, 6) is -0.566. The molecule has 0 radical (unpaired) electrons. The van der Waals surface area contributed by atoms with Crippen molar-refractivity contribution < 1.29 is 18.5 Å². The molecule has 4 aromatic rings. The molecular weight excluding hydrogens is 599 g/mol. The minimum Gasteiger partial charge on any atom is -0.396 e. The van der Waals surface area contributed by atoms with Gasteiger partial charge in [-0.3, -0.25) is 9.69 Å². The first-order valence-corrected chi connectivity index (χ1v) is 17.0. The van der Waals surface area contributed by atoms with Gasteiger partial charge < -0.3 is 10.4 Å². The van der Waals surface area contributed by atoms with E-state index in [1.807, 2.05) is 79.7 Å². The van der Waals surface area contributed by atoms with Crippen LogP contribution in [0.2, 0.25) is 0 Å². The van der Waals surface area contributed by atoms with Gasteiger partial charge in [0.1, 0.15) is 22.5 Å². The van der Waals surface area contributed by atoms with Gasteiger partial charge in [-0.2, -0.15) is 0 Å². The van der Waals surface area contributed by atoms with Crippen LogP contribution in [0.15, 0.2) is 84.9 Å². The number of aromatic nitrogens is 1. The Balaban J connectivity index is 1.35. The molecule has 3 heterocycles. The number of aliphatic hydroxyl groups excluding tert-OH is 1. The van der Waals surface area contributed by atoms with Gasteiger partial charge in [0.2, 0.25) is 0 Å². The maximum absolute atomic E-state index is 14.1. The van der Waals surface area contributed by atoms with Gasteiger partial charge in [-0.15, -0.1) is 0 Å². The Labute approximate surface area is 273 Å². The summed E-state index contributed by atoms with van der Waals surface area (Å²) in [6.07, 6.45) is 1.22. The van der Waals surface area contributed by atoms with Crippen molar-refractivity contribution in [3.63, 3.8) is 0 Å². The molecule has 1 fully saturated rings. The van der Waals surface area contributed by atoms with E-state index in [4.69, 9.17) is 4.98 Å². The smallest absolute Gasteiger partial charge is 0.270 e. The fourth-order valence-corrected chi connectivity index (χ4v) is 7.92. The number of aliphatic hydroxyl groups is 1. The van der Waals surface area contributed by atoms with E-state index in [0.717, 1.165) is 53.9 Å². The second kappa shape index (κ2) is 13.5. The van der Waals surface area contributed by atoms with Crippen LogP contribution in [0.25, 0.3) is 22.4 Å². The van der Waals surface area contributed by atoms with Gasteiger partial charge in [-0.05, 0) is 80.1 Å². The number of hydrogen-bond acceptors (Lipinski definition) is 5. The largest absolute Gasteiger partial charge is 0.396 e. The lowest BCUT2D eigenvalue weighted by Gasteiger charge is -2.30. The first kappa shape index (κ1) is 32.2. The minimum absolute atomic E-state index is 0.00180. The number of pyridine rings is 1. The zero-order valence-corrected chi connectivity index (χ0v) is 27.4. The van der Waals surface area contributed by atoms with Crippen LogP contribution in [0.3, 0.4) is 0 Å². The van der Waals surface area contributed by atoms with E-state index in [0.29, 0.717) is 24.4 Å². The summed E-state index contributed by atoms with van der Waals surface area (Å²) in [4.78, 5) is 21.1. The lowest BCUT2D eigenvalue weighted by Crippen LogP contribution is -2.37. The lowest BCUT2D eigenvalue weighted by molar-refractivity contribution is 0.0932. The van der Waals surface area contributed by atoms with Gasteiger partial charge in [0.25, 0.3) is 5.91 Å². The molecule has 6 rings (SSSR count). The van der Waals surface area contributed by atoms with Crippen LogP contribution in [-0.2, 0) is 24.1 Å². The van der Waals surface area contributed by atoms with E-state index >= 15 is 0 Å². The Kier molecular flexibility index (Phi) is 9.47. The molecule has 2 aliphatic heterocycles. The first-order valence-electron chi connectivity index (χ1n) is 15.9. The third kappa shape index (κ3) is 6.98. The fourth-order valence-electron chi connectivity index (χ4n) is 6.51. The number of nitrogens with one attached hydrogen (secondary N) is 1. The van der Waals surface area contributed by atoms with E-state index in [1.54, 1.807) is 6.07 Å². The van der Waals surface area contributed by atoms with Crippen LogP contribution in [0.4, 0.5) is 4.39 Å². The van der Waals surface area contributed by atoms with E-state index in [-0.39, 0.29) is 30.4 Å². The molecule has 1 amide bonds. The number of halogens is 1. The number of carbonyl (C=O) groups is 1. The van der Waals surface area contributed by atoms with Crippen molar-refractivity contribution in [1.82, 2.24) is 19.5 Å². The summed E-state index contributed by atoms with van der Waals surface area (Å²) < 4.78 is 29.3. The van der Waals surface area contributed by atoms with Crippen LogP contribution in [0.5, 0.6) is 0 Å². The van der Waals surface area contributed by atoms with Crippen LogP contribution in [-0.4, -0.2) is 59.9 Å². The first-order chi connectivity index (χ1) is 22.1. The highest BCUT2D eigenvalue weighted by Crippen LogP contribution is 2.44. The summed E-state index contributed by atoms with van der Waals surface area (Å²) in [5.41, 5.74) is 6.23. The molecule has 3 aromatic carbocycles. The zero-order chi connectivity index (χ0) is 32.4. The third-order valence-corrected chi connectivity index (χ3v) is 10.5. The fraction of sp³-hybridized carbons (Fsp3) is 0.351.